The minimum atomic E-state index is -0.332. The minimum Gasteiger partial charge on any atom is -0.379 e. The lowest BCUT2D eigenvalue weighted by Crippen LogP contribution is -2.09. The molecule has 6 heteroatoms. The normalized spacial score (nSPS) is 11.9. The van der Waals surface area contributed by atoms with Crippen molar-refractivity contribution in [3.05, 3.63) is 50.7 Å². The lowest BCUT2D eigenvalue weighted by atomic mass is 10.2. The predicted octanol–water partition coefficient (Wildman–Crippen LogP) is 4.65. The maximum atomic E-state index is 11.4. The van der Waals surface area contributed by atoms with Crippen LogP contribution in [0.25, 0.3) is 0 Å². The predicted molar refractivity (Wildman–Crippen MR) is 88.2 cm³/mol. The van der Waals surface area contributed by atoms with Crippen molar-refractivity contribution in [3.8, 4) is 0 Å². The average Bonchev–Trinajstić information content (AvgIpc) is 2.99. The molecular formula is C15H19N3O2S. The number of anilines is 2. The van der Waals surface area contributed by atoms with Gasteiger partial charge in [-0.05, 0) is 36.9 Å². The number of nitro groups is 1. The fourth-order valence-electron chi connectivity index (χ4n) is 2.10. The lowest BCUT2D eigenvalue weighted by molar-refractivity contribution is -0.383. The zero-order valence-corrected chi connectivity index (χ0v) is 12.9. The Bertz CT molecular complexity index is 599. The van der Waals surface area contributed by atoms with Gasteiger partial charge in [0, 0.05) is 11.4 Å². The Labute approximate surface area is 128 Å². The third-order valence-electron chi connectivity index (χ3n) is 3.13. The molecule has 0 aliphatic carbocycles. The van der Waals surface area contributed by atoms with Crippen LogP contribution in [-0.2, 0) is 0 Å². The molecule has 0 saturated heterocycles. The van der Waals surface area contributed by atoms with Crippen molar-refractivity contribution in [1.29, 1.82) is 0 Å². The fourth-order valence-corrected chi connectivity index (χ4v) is 2.84. The number of benzene rings is 1. The maximum absolute atomic E-state index is 11.4. The number of nitrogens with zero attached hydrogens (tertiary/aromatic N) is 1. The minimum absolute atomic E-state index is 0.0325. The van der Waals surface area contributed by atoms with Gasteiger partial charge in [-0.1, -0.05) is 19.1 Å². The van der Waals surface area contributed by atoms with Crippen molar-refractivity contribution in [3.63, 3.8) is 0 Å². The summed E-state index contributed by atoms with van der Waals surface area (Å²) in [5.41, 5.74) is 1.21. The van der Waals surface area contributed by atoms with Crippen LogP contribution in [0.1, 0.15) is 31.2 Å². The van der Waals surface area contributed by atoms with Crippen LogP contribution in [0.2, 0.25) is 0 Å². The first kappa shape index (κ1) is 15.3. The van der Waals surface area contributed by atoms with Crippen LogP contribution in [0.15, 0.2) is 35.7 Å². The Morgan fingerprint density at radius 3 is 2.67 bits per heavy atom. The summed E-state index contributed by atoms with van der Waals surface area (Å²) >= 11 is 1.63. The van der Waals surface area contributed by atoms with Gasteiger partial charge in [-0.3, -0.25) is 10.1 Å². The van der Waals surface area contributed by atoms with Gasteiger partial charge in [0.05, 0.1) is 11.0 Å². The van der Waals surface area contributed by atoms with E-state index in [4.69, 9.17) is 0 Å². The van der Waals surface area contributed by atoms with Crippen LogP contribution in [0, 0.1) is 10.1 Å². The summed E-state index contributed by atoms with van der Waals surface area (Å²) < 4.78 is 0. The smallest absolute Gasteiger partial charge is 0.315 e. The summed E-state index contributed by atoms with van der Waals surface area (Å²) in [4.78, 5) is 12.2. The van der Waals surface area contributed by atoms with E-state index in [-0.39, 0.29) is 16.7 Å². The summed E-state index contributed by atoms with van der Waals surface area (Å²) in [6.07, 6.45) is 0.917. The monoisotopic (exact) mass is 305 g/mol. The zero-order valence-electron chi connectivity index (χ0n) is 12.1. The van der Waals surface area contributed by atoms with E-state index in [2.05, 4.69) is 10.6 Å². The largest absolute Gasteiger partial charge is 0.379 e. The van der Waals surface area contributed by atoms with E-state index in [0.29, 0.717) is 17.9 Å². The first-order valence-corrected chi connectivity index (χ1v) is 7.82. The molecule has 0 amide bonds. The second kappa shape index (κ2) is 7.08. The fraction of sp³-hybridized carbons (Fsp3) is 0.333. The van der Waals surface area contributed by atoms with Gasteiger partial charge < -0.3 is 10.6 Å². The van der Waals surface area contributed by atoms with E-state index in [1.165, 1.54) is 0 Å². The Morgan fingerprint density at radius 2 is 2.05 bits per heavy atom. The highest BCUT2D eigenvalue weighted by atomic mass is 32.1. The molecule has 2 aromatic rings. The molecule has 0 spiro atoms. The maximum Gasteiger partial charge on any atom is 0.315 e. The number of para-hydroxylation sites is 1. The number of thiophene rings is 1. The molecule has 0 saturated carbocycles. The van der Waals surface area contributed by atoms with Gasteiger partial charge >= 0.3 is 5.69 Å². The van der Waals surface area contributed by atoms with Crippen LogP contribution in [-0.4, -0.2) is 11.5 Å². The Balaban J connectivity index is 2.27. The molecule has 1 heterocycles. The highest BCUT2D eigenvalue weighted by Gasteiger charge is 2.21. The molecule has 2 rings (SSSR count). The third kappa shape index (κ3) is 3.72. The Kier molecular flexibility index (Phi) is 5.16. The number of hydrogen-bond acceptors (Lipinski definition) is 5. The second-order valence-electron chi connectivity index (χ2n) is 4.77. The van der Waals surface area contributed by atoms with Crippen molar-refractivity contribution in [2.45, 2.75) is 26.3 Å². The van der Waals surface area contributed by atoms with Crippen LogP contribution < -0.4 is 10.6 Å². The van der Waals surface area contributed by atoms with Crippen LogP contribution in [0.4, 0.5) is 17.1 Å². The van der Waals surface area contributed by atoms with Crippen LogP contribution in [0.5, 0.6) is 0 Å². The quantitative estimate of drug-likeness (QED) is 0.577. The summed E-state index contributed by atoms with van der Waals surface area (Å²) in [5, 5.41) is 19.8. The molecule has 0 aliphatic heterocycles. The third-order valence-corrected chi connectivity index (χ3v) is 4.18. The summed E-state index contributed by atoms with van der Waals surface area (Å²) in [7, 11) is 0. The molecule has 1 atom stereocenters. The van der Waals surface area contributed by atoms with Gasteiger partial charge in [0.15, 0.2) is 0 Å². The molecule has 0 fully saturated rings. The number of nitrogens with one attached hydrogen (secondary N) is 2. The van der Waals surface area contributed by atoms with Crippen LogP contribution >= 0.6 is 11.3 Å². The van der Waals surface area contributed by atoms with Crippen molar-refractivity contribution in [2.24, 2.45) is 0 Å². The van der Waals surface area contributed by atoms with Gasteiger partial charge in [-0.15, -0.1) is 11.3 Å². The molecule has 1 aromatic heterocycles. The molecule has 1 unspecified atom stereocenters. The van der Waals surface area contributed by atoms with Crippen molar-refractivity contribution in [1.82, 2.24) is 0 Å². The second-order valence-corrected chi connectivity index (χ2v) is 5.75. The van der Waals surface area contributed by atoms with E-state index in [1.807, 2.05) is 37.4 Å². The SMILES string of the molecule is CCCNc1cccc(NC(C)c2cccs2)c1[N+](=O)[O-]. The number of nitro benzene ring substituents is 1. The summed E-state index contributed by atoms with van der Waals surface area (Å²) in [6, 6.07) is 9.35. The molecular weight excluding hydrogens is 286 g/mol. The summed E-state index contributed by atoms with van der Waals surface area (Å²) in [6.45, 7) is 4.74. The van der Waals surface area contributed by atoms with Gasteiger partial charge in [0.2, 0.25) is 0 Å². The summed E-state index contributed by atoms with van der Waals surface area (Å²) in [5.74, 6) is 0. The zero-order chi connectivity index (χ0) is 15.2. The standard InChI is InChI=1S/C15H19N3O2S/c1-3-9-16-12-6-4-7-13(15(12)18(19)20)17-11(2)14-8-5-10-21-14/h4-8,10-11,16-17H,3,9H2,1-2H3. The highest BCUT2D eigenvalue weighted by molar-refractivity contribution is 7.10. The van der Waals surface area contributed by atoms with E-state index < -0.39 is 0 Å². The lowest BCUT2D eigenvalue weighted by Gasteiger charge is -2.15. The topological polar surface area (TPSA) is 67.2 Å². The van der Waals surface area contributed by atoms with Gasteiger partial charge in [-0.2, -0.15) is 0 Å². The Hall–Kier alpha value is -2.08. The van der Waals surface area contributed by atoms with Crippen molar-refractivity contribution >= 4 is 28.4 Å². The Morgan fingerprint density at radius 1 is 1.29 bits per heavy atom. The molecule has 0 aliphatic rings. The number of hydrogen-bond donors (Lipinski definition) is 2. The molecule has 5 nitrogen and oxygen atoms in total. The first-order valence-electron chi connectivity index (χ1n) is 6.94. The molecule has 2 N–H and O–H groups in total. The van der Waals surface area contributed by atoms with E-state index >= 15 is 0 Å². The van der Waals surface area contributed by atoms with Crippen LogP contribution in [0.3, 0.4) is 0 Å². The molecule has 1 aromatic carbocycles. The number of rotatable bonds is 7. The van der Waals surface area contributed by atoms with Crippen molar-refractivity contribution < 1.29 is 4.92 Å². The van der Waals surface area contributed by atoms with Gasteiger partial charge in [0.1, 0.15) is 11.4 Å². The van der Waals surface area contributed by atoms with Crippen molar-refractivity contribution in [2.75, 3.05) is 17.2 Å². The first-order chi connectivity index (χ1) is 10.1. The molecule has 21 heavy (non-hydrogen) atoms. The highest BCUT2D eigenvalue weighted by Crippen LogP contribution is 2.35. The van der Waals surface area contributed by atoms with Gasteiger partial charge in [-0.25, -0.2) is 0 Å². The van der Waals surface area contributed by atoms with E-state index in [0.717, 1.165) is 11.3 Å². The van der Waals surface area contributed by atoms with E-state index in [1.54, 1.807) is 23.5 Å². The van der Waals surface area contributed by atoms with Gasteiger partial charge in [0.25, 0.3) is 0 Å². The molecule has 0 radical (unpaired) electrons. The van der Waals surface area contributed by atoms with E-state index in [9.17, 15) is 10.1 Å². The average molecular weight is 305 g/mol. The molecule has 112 valence electrons. The molecule has 0 bridgehead atoms.